The van der Waals surface area contributed by atoms with Crippen LogP contribution in [0.2, 0.25) is 0 Å². The maximum atomic E-state index is 13.0. The largest absolute Gasteiger partial charge is 0.489 e. The van der Waals surface area contributed by atoms with Crippen LogP contribution in [0.5, 0.6) is 5.75 Å². The molecule has 0 radical (unpaired) electrons. The molecule has 1 aliphatic rings. The van der Waals surface area contributed by atoms with Gasteiger partial charge in [-0.1, -0.05) is 42.5 Å². The lowest BCUT2D eigenvalue weighted by atomic mass is 10.0. The molecule has 160 valence electrons. The Morgan fingerprint density at radius 2 is 1.77 bits per heavy atom. The summed E-state index contributed by atoms with van der Waals surface area (Å²) in [6.45, 7) is -0.639. The van der Waals surface area contributed by atoms with Gasteiger partial charge >= 0.3 is 11.9 Å². The van der Waals surface area contributed by atoms with Crippen LogP contribution in [0.15, 0.2) is 54.6 Å². The Kier molecular flexibility index (Phi) is 8.20. The summed E-state index contributed by atoms with van der Waals surface area (Å²) in [5.41, 5.74) is 1.34. The van der Waals surface area contributed by atoms with Gasteiger partial charge in [-0.3, -0.25) is 24.6 Å². The molecule has 0 saturated heterocycles. The summed E-state index contributed by atoms with van der Waals surface area (Å²) in [6.07, 6.45) is 0.792. The minimum absolute atomic E-state index is 0. The number of carboxylic acids is 2. The second-order valence-electron chi connectivity index (χ2n) is 6.73. The predicted molar refractivity (Wildman–Crippen MR) is 112 cm³/mol. The van der Waals surface area contributed by atoms with Crippen molar-refractivity contribution < 1.29 is 29.3 Å². The van der Waals surface area contributed by atoms with Crippen LogP contribution in [-0.2, 0) is 20.8 Å². The molecule has 0 aromatic heterocycles. The standard InChI is InChI=1S/C21H22N2O6.ClH/c24-19(25)12-23-17-8-4-5-9-18(17)29-13-16(20(23)26)22-15(21(27)28)11-10-14-6-2-1-3-7-14;/h1-9,15-16,22H,10-13H2,(H,24,25)(H,27,28);1H. The number of hydrogen-bond acceptors (Lipinski definition) is 5. The Hall–Kier alpha value is -3.10. The maximum Gasteiger partial charge on any atom is 0.323 e. The number of ether oxygens (including phenoxy) is 1. The van der Waals surface area contributed by atoms with Crippen molar-refractivity contribution in [3.05, 3.63) is 60.2 Å². The van der Waals surface area contributed by atoms with Gasteiger partial charge in [0.15, 0.2) is 0 Å². The van der Waals surface area contributed by atoms with E-state index < -0.39 is 36.5 Å². The summed E-state index contributed by atoms with van der Waals surface area (Å²) >= 11 is 0. The Balaban J connectivity index is 0.00000320. The molecule has 0 spiro atoms. The number of carbonyl (C=O) groups is 3. The van der Waals surface area contributed by atoms with E-state index >= 15 is 0 Å². The number of carboxylic acid groups (broad SMARTS) is 2. The van der Waals surface area contributed by atoms with E-state index in [-0.39, 0.29) is 25.4 Å². The van der Waals surface area contributed by atoms with Crippen LogP contribution in [0, 0.1) is 0 Å². The van der Waals surface area contributed by atoms with Gasteiger partial charge in [0.05, 0.1) is 5.69 Å². The second kappa shape index (κ2) is 10.6. The fraction of sp³-hybridized carbons (Fsp3) is 0.286. The molecule has 2 aromatic rings. The van der Waals surface area contributed by atoms with Gasteiger partial charge in [0, 0.05) is 0 Å². The highest BCUT2D eigenvalue weighted by Crippen LogP contribution is 2.31. The van der Waals surface area contributed by atoms with Crippen molar-refractivity contribution in [2.75, 3.05) is 18.1 Å². The third-order valence-electron chi connectivity index (χ3n) is 4.68. The third-order valence-corrected chi connectivity index (χ3v) is 4.68. The Morgan fingerprint density at radius 3 is 2.43 bits per heavy atom. The van der Waals surface area contributed by atoms with Crippen molar-refractivity contribution in [3.8, 4) is 5.75 Å². The van der Waals surface area contributed by atoms with E-state index in [1.807, 2.05) is 30.3 Å². The van der Waals surface area contributed by atoms with Gasteiger partial charge in [0.2, 0.25) is 5.91 Å². The molecule has 0 fully saturated rings. The number of aliphatic carboxylic acids is 2. The van der Waals surface area contributed by atoms with E-state index in [0.717, 1.165) is 10.5 Å². The van der Waals surface area contributed by atoms with Crippen molar-refractivity contribution in [1.82, 2.24) is 5.32 Å². The molecular formula is C21H23ClN2O6. The smallest absolute Gasteiger partial charge is 0.323 e. The van der Waals surface area contributed by atoms with Gasteiger partial charge in [-0.25, -0.2) is 0 Å². The SMILES string of the molecule is Cl.O=C(O)CN1C(=O)C(NC(CCc2ccccc2)C(=O)O)COc2ccccc21. The zero-order valence-electron chi connectivity index (χ0n) is 16.1. The molecule has 30 heavy (non-hydrogen) atoms. The second-order valence-corrected chi connectivity index (χ2v) is 6.73. The number of hydrogen-bond donors (Lipinski definition) is 3. The molecule has 0 saturated carbocycles. The molecule has 1 amide bonds. The van der Waals surface area contributed by atoms with E-state index in [0.29, 0.717) is 17.9 Å². The van der Waals surface area contributed by atoms with Crippen molar-refractivity contribution in [3.63, 3.8) is 0 Å². The molecule has 8 nitrogen and oxygen atoms in total. The molecule has 1 heterocycles. The summed E-state index contributed by atoms with van der Waals surface area (Å²) in [5, 5.41) is 21.7. The van der Waals surface area contributed by atoms with E-state index in [1.54, 1.807) is 24.3 Å². The highest BCUT2D eigenvalue weighted by Gasteiger charge is 2.35. The summed E-state index contributed by atoms with van der Waals surface area (Å²) in [5.74, 6) is -2.42. The highest BCUT2D eigenvalue weighted by molar-refractivity contribution is 6.02. The molecule has 9 heteroatoms. The fourth-order valence-corrected chi connectivity index (χ4v) is 3.25. The number of amides is 1. The first-order valence-electron chi connectivity index (χ1n) is 9.23. The summed E-state index contributed by atoms with van der Waals surface area (Å²) in [6, 6.07) is 14.1. The highest BCUT2D eigenvalue weighted by atomic mass is 35.5. The molecule has 3 rings (SSSR count). The monoisotopic (exact) mass is 434 g/mol. The zero-order chi connectivity index (χ0) is 20.8. The first kappa shape index (κ1) is 23.2. The fourth-order valence-electron chi connectivity index (χ4n) is 3.25. The number of anilines is 1. The molecule has 0 bridgehead atoms. The number of carbonyl (C=O) groups excluding carboxylic acids is 1. The molecule has 0 aliphatic carbocycles. The predicted octanol–water partition coefficient (Wildman–Crippen LogP) is 1.96. The van der Waals surface area contributed by atoms with Crippen LogP contribution >= 0.6 is 12.4 Å². The van der Waals surface area contributed by atoms with Crippen LogP contribution in [0.1, 0.15) is 12.0 Å². The maximum absolute atomic E-state index is 13.0. The average Bonchev–Trinajstić information content (AvgIpc) is 2.83. The van der Waals surface area contributed by atoms with Crippen molar-refractivity contribution in [2.24, 2.45) is 0 Å². The number of halogens is 1. The van der Waals surface area contributed by atoms with E-state index in [2.05, 4.69) is 5.32 Å². The number of nitrogens with one attached hydrogen (secondary N) is 1. The average molecular weight is 435 g/mol. The van der Waals surface area contributed by atoms with Gasteiger partial charge in [-0.2, -0.15) is 0 Å². The van der Waals surface area contributed by atoms with Gasteiger partial charge in [-0.15, -0.1) is 12.4 Å². The number of nitrogens with zero attached hydrogens (tertiary/aromatic N) is 1. The Labute approximate surface area is 179 Å². The number of para-hydroxylation sites is 2. The lowest BCUT2D eigenvalue weighted by molar-refractivity contribution is -0.140. The molecule has 1 aliphatic heterocycles. The van der Waals surface area contributed by atoms with Gasteiger partial charge in [0.1, 0.15) is 31.0 Å². The molecule has 2 unspecified atom stereocenters. The van der Waals surface area contributed by atoms with Crippen LogP contribution < -0.4 is 15.0 Å². The van der Waals surface area contributed by atoms with Crippen LogP contribution in [-0.4, -0.2) is 53.3 Å². The normalized spacial score (nSPS) is 16.5. The lowest BCUT2D eigenvalue weighted by Gasteiger charge is -2.25. The van der Waals surface area contributed by atoms with E-state index in [1.165, 1.54) is 0 Å². The van der Waals surface area contributed by atoms with E-state index in [4.69, 9.17) is 4.74 Å². The molecule has 2 aromatic carbocycles. The quantitative estimate of drug-likeness (QED) is 0.581. The summed E-state index contributed by atoms with van der Waals surface area (Å²) < 4.78 is 5.68. The van der Waals surface area contributed by atoms with Crippen molar-refractivity contribution in [1.29, 1.82) is 0 Å². The number of benzene rings is 2. The van der Waals surface area contributed by atoms with Crippen LogP contribution in [0.25, 0.3) is 0 Å². The number of rotatable bonds is 8. The Morgan fingerprint density at radius 1 is 1.10 bits per heavy atom. The summed E-state index contributed by atoms with van der Waals surface area (Å²) in [4.78, 5) is 37.1. The minimum Gasteiger partial charge on any atom is -0.489 e. The first-order chi connectivity index (χ1) is 14.0. The first-order valence-corrected chi connectivity index (χ1v) is 9.23. The van der Waals surface area contributed by atoms with Crippen molar-refractivity contribution >= 4 is 35.9 Å². The van der Waals surface area contributed by atoms with E-state index in [9.17, 15) is 24.6 Å². The topological polar surface area (TPSA) is 116 Å². The zero-order valence-corrected chi connectivity index (χ0v) is 16.9. The number of aryl methyl sites for hydroxylation is 1. The molecule has 3 N–H and O–H groups in total. The molecule has 2 atom stereocenters. The van der Waals surface area contributed by atoms with Gasteiger partial charge in [-0.05, 0) is 30.5 Å². The Bertz CT molecular complexity index is 892. The minimum atomic E-state index is -1.17. The van der Waals surface area contributed by atoms with Crippen LogP contribution in [0.3, 0.4) is 0 Å². The third kappa shape index (κ3) is 5.71. The summed E-state index contributed by atoms with van der Waals surface area (Å²) in [7, 11) is 0. The lowest BCUT2D eigenvalue weighted by Crippen LogP contribution is -2.54. The van der Waals surface area contributed by atoms with Crippen molar-refractivity contribution in [2.45, 2.75) is 24.9 Å². The van der Waals surface area contributed by atoms with Gasteiger partial charge < -0.3 is 14.9 Å². The van der Waals surface area contributed by atoms with Crippen LogP contribution in [0.4, 0.5) is 5.69 Å². The van der Waals surface area contributed by atoms with Gasteiger partial charge in [0.25, 0.3) is 0 Å². The molecular weight excluding hydrogens is 412 g/mol. The number of fused-ring (bicyclic) bond motifs is 1.